The molecular formula is C14H22BrNO. The van der Waals surface area contributed by atoms with Gasteiger partial charge in [0.25, 0.3) is 0 Å². The fraction of sp³-hybridized carbons (Fsp3) is 0.571. The number of piperidine rings is 1. The predicted octanol–water partition coefficient (Wildman–Crippen LogP) is 3.56. The van der Waals surface area contributed by atoms with E-state index in [-0.39, 0.29) is 17.0 Å². The Kier molecular flexibility index (Phi) is 6.00. The first-order valence-corrected chi connectivity index (χ1v) is 6.31. The molecule has 0 aromatic heterocycles. The molecule has 0 bridgehead atoms. The molecule has 1 unspecified atom stereocenters. The number of phenols is 1. The van der Waals surface area contributed by atoms with E-state index in [4.69, 9.17) is 0 Å². The maximum Gasteiger partial charge on any atom is 0.119 e. The van der Waals surface area contributed by atoms with Gasteiger partial charge in [-0.3, -0.25) is 0 Å². The van der Waals surface area contributed by atoms with Crippen molar-refractivity contribution in [1.29, 1.82) is 0 Å². The highest BCUT2D eigenvalue weighted by molar-refractivity contribution is 8.93. The van der Waals surface area contributed by atoms with Crippen LogP contribution in [0.15, 0.2) is 24.3 Å². The Morgan fingerprint density at radius 3 is 2.82 bits per heavy atom. The lowest BCUT2D eigenvalue weighted by atomic mass is 9.90. The monoisotopic (exact) mass is 299 g/mol. The molecular weight excluding hydrogens is 278 g/mol. The maximum atomic E-state index is 9.86. The van der Waals surface area contributed by atoms with Crippen molar-refractivity contribution in [3.8, 4) is 5.75 Å². The van der Waals surface area contributed by atoms with Crippen LogP contribution in [0.5, 0.6) is 5.75 Å². The van der Waals surface area contributed by atoms with Gasteiger partial charge in [-0.25, -0.2) is 0 Å². The van der Waals surface area contributed by atoms with Crippen molar-refractivity contribution >= 4 is 17.0 Å². The number of nitrogens with zero attached hydrogens (tertiary/aromatic N) is 1. The summed E-state index contributed by atoms with van der Waals surface area (Å²) in [4.78, 5) is 2.51. The molecule has 0 aliphatic carbocycles. The summed E-state index contributed by atoms with van der Waals surface area (Å²) in [5.41, 5.74) is 1.13. The lowest BCUT2D eigenvalue weighted by Gasteiger charge is -2.32. The first-order chi connectivity index (χ1) is 7.81. The number of hydrogen-bond donors (Lipinski definition) is 1. The van der Waals surface area contributed by atoms with Gasteiger partial charge in [0.1, 0.15) is 5.75 Å². The second-order valence-corrected chi connectivity index (χ2v) is 4.70. The van der Waals surface area contributed by atoms with Gasteiger partial charge in [0, 0.05) is 12.5 Å². The highest BCUT2D eigenvalue weighted by atomic mass is 79.9. The quantitative estimate of drug-likeness (QED) is 0.922. The normalized spacial score (nSPS) is 20.9. The summed E-state index contributed by atoms with van der Waals surface area (Å²) in [7, 11) is 0. The third-order valence-electron chi connectivity index (χ3n) is 3.42. The van der Waals surface area contributed by atoms with Crippen LogP contribution < -0.4 is 0 Å². The Bertz CT molecular complexity index is 341. The highest BCUT2D eigenvalue weighted by Gasteiger charge is 2.22. The van der Waals surface area contributed by atoms with Gasteiger partial charge in [-0.15, -0.1) is 17.0 Å². The van der Waals surface area contributed by atoms with Crippen LogP contribution in [0.3, 0.4) is 0 Å². The molecule has 96 valence electrons. The molecule has 0 saturated carbocycles. The van der Waals surface area contributed by atoms with Crippen molar-refractivity contribution in [2.75, 3.05) is 19.6 Å². The number of benzene rings is 1. The summed E-state index contributed by atoms with van der Waals surface area (Å²) >= 11 is 0. The standard InChI is InChI=1S/C14H21NO.BrH/c1-2-9-15-10-5-6-12(11-15)13-7-3-4-8-14(13)16;/h3-4,7-8,12,16H,2,5-6,9-11H2,1H3;1H. The van der Waals surface area contributed by atoms with Crippen LogP contribution in [0.4, 0.5) is 0 Å². The maximum absolute atomic E-state index is 9.86. The van der Waals surface area contributed by atoms with E-state index in [0.717, 1.165) is 12.1 Å². The van der Waals surface area contributed by atoms with Crippen LogP contribution in [0.2, 0.25) is 0 Å². The summed E-state index contributed by atoms with van der Waals surface area (Å²) in [6.07, 6.45) is 3.67. The van der Waals surface area contributed by atoms with Crippen LogP contribution in [0, 0.1) is 0 Å². The number of rotatable bonds is 3. The van der Waals surface area contributed by atoms with E-state index >= 15 is 0 Å². The van der Waals surface area contributed by atoms with Gasteiger partial charge < -0.3 is 10.0 Å². The fourth-order valence-electron chi connectivity index (χ4n) is 2.66. The lowest BCUT2D eigenvalue weighted by molar-refractivity contribution is 0.206. The minimum Gasteiger partial charge on any atom is -0.508 e. The molecule has 0 radical (unpaired) electrons. The molecule has 2 nitrogen and oxygen atoms in total. The summed E-state index contributed by atoms with van der Waals surface area (Å²) in [5, 5.41) is 9.86. The van der Waals surface area contributed by atoms with Crippen LogP contribution in [0.25, 0.3) is 0 Å². The third-order valence-corrected chi connectivity index (χ3v) is 3.42. The highest BCUT2D eigenvalue weighted by Crippen LogP contribution is 2.32. The minimum absolute atomic E-state index is 0. The van der Waals surface area contributed by atoms with Crippen molar-refractivity contribution in [1.82, 2.24) is 4.90 Å². The molecule has 1 aliphatic heterocycles. The van der Waals surface area contributed by atoms with E-state index in [1.807, 2.05) is 12.1 Å². The van der Waals surface area contributed by atoms with Crippen molar-refractivity contribution in [3.05, 3.63) is 29.8 Å². The fourth-order valence-corrected chi connectivity index (χ4v) is 2.66. The number of halogens is 1. The Morgan fingerprint density at radius 2 is 2.12 bits per heavy atom. The second kappa shape index (κ2) is 7.02. The van der Waals surface area contributed by atoms with Crippen LogP contribution >= 0.6 is 17.0 Å². The zero-order chi connectivity index (χ0) is 11.4. The molecule has 1 heterocycles. The van der Waals surface area contributed by atoms with Crippen LogP contribution in [-0.2, 0) is 0 Å². The van der Waals surface area contributed by atoms with Gasteiger partial charge in [-0.2, -0.15) is 0 Å². The lowest BCUT2D eigenvalue weighted by Crippen LogP contribution is -2.34. The first-order valence-electron chi connectivity index (χ1n) is 6.31. The van der Waals surface area contributed by atoms with Crippen molar-refractivity contribution in [2.24, 2.45) is 0 Å². The Labute approximate surface area is 114 Å². The van der Waals surface area contributed by atoms with E-state index in [0.29, 0.717) is 11.7 Å². The van der Waals surface area contributed by atoms with Gasteiger partial charge in [0.05, 0.1) is 0 Å². The number of hydrogen-bond acceptors (Lipinski definition) is 2. The molecule has 3 heteroatoms. The van der Waals surface area contributed by atoms with E-state index in [1.54, 1.807) is 6.07 Å². The van der Waals surface area contributed by atoms with Crippen LogP contribution in [0.1, 0.15) is 37.7 Å². The van der Waals surface area contributed by atoms with Crippen molar-refractivity contribution in [2.45, 2.75) is 32.1 Å². The van der Waals surface area contributed by atoms with Gasteiger partial charge in [0.2, 0.25) is 0 Å². The number of likely N-dealkylation sites (tertiary alicyclic amines) is 1. The average molecular weight is 300 g/mol. The SMILES string of the molecule is Br.CCCN1CCCC(c2ccccc2O)C1. The molecule has 1 aliphatic rings. The van der Waals surface area contributed by atoms with Gasteiger partial charge in [0.15, 0.2) is 0 Å². The molecule has 2 rings (SSSR count). The smallest absolute Gasteiger partial charge is 0.119 e. The van der Waals surface area contributed by atoms with Gasteiger partial charge in [-0.1, -0.05) is 25.1 Å². The summed E-state index contributed by atoms with van der Waals surface area (Å²) < 4.78 is 0. The molecule has 1 saturated heterocycles. The largest absolute Gasteiger partial charge is 0.508 e. The van der Waals surface area contributed by atoms with Crippen molar-refractivity contribution < 1.29 is 5.11 Å². The molecule has 17 heavy (non-hydrogen) atoms. The van der Waals surface area contributed by atoms with E-state index in [9.17, 15) is 5.11 Å². The van der Waals surface area contributed by atoms with E-state index in [2.05, 4.69) is 17.9 Å². The number of aromatic hydroxyl groups is 1. The molecule has 1 fully saturated rings. The van der Waals surface area contributed by atoms with E-state index < -0.39 is 0 Å². The zero-order valence-electron chi connectivity index (χ0n) is 10.4. The summed E-state index contributed by atoms with van der Waals surface area (Å²) in [6.45, 7) is 5.73. The molecule has 1 aromatic carbocycles. The Morgan fingerprint density at radius 1 is 1.35 bits per heavy atom. The van der Waals surface area contributed by atoms with Crippen LogP contribution in [-0.4, -0.2) is 29.6 Å². The predicted molar refractivity (Wildman–Crippen MR) is 77.1 cm³/mol. The first kappa shape index (κ1) is 14.5. The Hall–Kier alpha value is -0.540. The molecule has 0 amide bonds. The second-order valence-electron chi connectivity index (χ2n) is 4.70. The van der Waals surface area contributed by atoms with Gasteiger partial charge in [-0.05, 0) is 44.0 Å². The Balaban J connectivity index is 0.00000144. The average Bonchev–Trinajstić information content (AvgIpc) is 2.30. The number of para-hydroxylation sites is 1. The zero-order valence-corrected chi connectivity index (χ0v) is 12.1. The molecule has 0 spiro atoms. The molecule has 1 atom stereocenters. The minimum atomic E-state index is 0. The van der Waals surface area contributed by atoms with Crippen molar-refractivity contribution in [3.63, 3.8) is 0 Å². The van der Waals surface area contributed by atoms with E-state index in [1.165, 1.54) is 32.4 Å². The number of phenolic OH excluding ortho intramolecular Hbond substituents is 1. The molecule has 1 N–H and O–H groups in total. The topological polar surface area (TPSA) is 23.5 Å². The summed E-state index contributed by atoms with van der Waals surface area (Å²) in [5.74, 6) is 0.979. The third kappa shape index (κ3) is 3.71. The molecule has 1 aromatic rings. The summed E-state index contributed by atoms with van der Waals surface area (Å²) in [6, 6.07) is 7.78. The van der Waals surface area contributed by atoms with Gasteiger partial charge >= 0.3 is 0 Å².